The van der Waals surface area contributed by atoms with Gasteiger partial charge >= 0.3 is 5.97 Å². The highest BCUT2D eigenvalue weighted by Crippen LogP contribution is 2.29. The molecule has 0 saturated heterocycles. The van der Waals surface area contributed by atoms with Gasteiger partial charge in [0.1, 0.15) is 11.7 Å². The van der Waals surface area contributed by atoms with E-state index in [4.69, 9.17) is 4.74 Å². The Morgan fingerprint density at radius 1 is 1.56 bits per heavy atom. The maximum absolute atomic E-state index is 12.0. The Labute approximate surface area is 96.9 Å². The summed E-state index contributed by atoms with van der Waals surface area (Å²) in [6.45, 7) is 5.76. The second kappa shape index (κ2) is 6.46. The molecule has 0 aromatic heterocycles. The predicted molar refractivity (Wildman–Crippen MR) is 61.9 cm³/mol. The number of rotatable bonds is 5. The average Bonchev–Trinajstić information content (AvgIpc) is 2.28. The van der Waals surface area contributed by atoms with E-state index >= 15 is 0 Å². The van der Waals surface area contributed by atoms with Crippen LogP contribution in [0.15, 0.2) is 12.7 Å². The largest absolute Gasteiger partial charge is 0.465 e. The zero-order valence-electron chi connectivity index (χ0n) is 9.91. The van der Waals surface area contributed by atoms with Crippen molar-refractivity contribution in [3.05, 3.63) is 12.7 Å². The first-order valence-corrected chi connectivity index (χ1v) is 6.02. The monoisotopic (exact) mass is 224 g/mol. The van der Waals surface area contributed by atoms with Crippen LogP contribution in [0.25, 0.3) is 0 Å². The zero-order valence-corrected chi connectivity index (χ0v) is 9.91. The number of hydrogen-bond donors (Lipinski definition) is 0. The van der Waals surface area contributed by atoms with E-state index in [2.05, 4.69) is 6.58 Å². The number of hydrogen-bond acceptors (Lipinski definition) is 3. The maximum atomic E-state index is 12.0. The number of carbonyl (C=O) groups excluding carboxylic acids is 2. The molecule has 0 N–H and O–H groups in total. The van der Waals surface area contributed by atoms with Gasteiger partial charge in [0.05, 0.1) is 6.61 Å². The lowest BCUT2D eigenvalue weighted by atomic mass is 9.78. The topological polar surface area (TPSA) is 43.4 Å². The summed E-state index contributed by atoms with van der Waals surface area (Å²) in [5.41, 5.74) is 0. The smallest absolute Gasteiger partial charge is 0.316 e. The number of Topliss-reactive ketones (excluding diaryl/α,β-unsaturated/α-hetero) is 1. The quantitative estimate of drug-likeness (QED) is 0.409. The van der Waals surface area contributed by atoms with Gasteiger partial charge in [0.15, 0.2) is 0 Å². The third-order valence-corrected chi connectivity index (χ3v) is 3.08. The highest BCUT2D eigenvalue weighted by molar-refractivity contribution is 6.00. The lowest BCUT2D eigenvalue weighted by Gasteiger charge is -2.26. The average molecular weight is 224 g/mol. The minimum atomic E-state index is -0.511. The Morgan fingerprint density at radius 3 is 2.94 bits per heavy atom. The summed E-state index contributed by atoms with van der Waals surface area (Å²) in [4.78, 5) is 23.6. The summed E-state index contributed by atoms with van der Waals surface area (Å²) in [7, 11) is 0. The van der Waals surface area contributed by atoms with Crippen LogP contribution in [0, 0.1) is 11.8 Å². The summed E-state index contributed by atoms with van der Waals surface area (Å²) in [6, 6.07) is 0. The lowest BCUT2D eigenvalue weighted by Crippen LogP contribution is -2.34. The molecule has 0 heterocycles. The van der Waals surface area contributed by atoms with Gasteiger partial charge in [-0.05, 0) is 32.6 Å². The first-order chi connectivity index (χ1) is 7.70. The fourth-order valence-corrected chi connectivity index (χ4v) is 2.22. The lowest BCUT2D eigenvalue weighted by molar-refractivity contribution is -0.154. The summed E-state index contributed by atoms with van der Waals surface area (Å²) in [6.07, 6.45) is 5.98. The third kappa shape index (κ3) is 3.19. The maximum Gasteiger partial charge on any atom is 0.316 e. The van der Waals surface area contributed by atoms with Crippen LogP contribution >= 0.6 is 0 Å². The van der Waals surface area contributed by atoms with E-state index in [9.17, 15) is 9.59 Å². The third-order valence-electron chi connectivity index (χ3n) is 3.08. The summed E-state index contributed by atoms with van der Waals surface area (Å²) >= 11 is 0. The minimum Gasteiger partial charge on any atom is -0.465 e. The van der Waals surface area contributed by atoms with E-state index in [-0.39, 0.29) is 17.7 Å². The Morgan fingerprint density at radius 2 is 2.31 bits per heavy atom. The van der Waals surface area contributed by atoms with Crippen molar-refractivity contribution in [3.8, 4) is 0 Å². The molecule has 1 rings (SSSR count). The van der Waals surface area contributed by atoms with E-state index < -0.39 is 5.92 Å². The van der Waals surface area contributed by atoms with Gasteiger partial charge in [0, 0.05) is 5.92 Å². The van der Waals surface area contributed by atoms with Crippen molar-refractivity contribution in [1.82, 2.24) is 0 Å². The van der Waals surface area contributed by atoms with Crippen molar-refractivity contribution in [1.29, 1.82) is 0 Å². The molecule has 0 unspecified atom stereocenters. The number of ether oxygens (including phenoxy) is 1. The first kappa shape index (κ1) is 12.9. The molecular formula is C13H20O3. The van der Waals surface area contributed by atoms with Crippen molar-refractivity contribution in [3.63, 3.8) is 0 Å². The van der Waals surface area contributed by atoms with Crippen LogP contribution in [-0.2, 0) is 14.3 Å². The molecular weight excluding hydrogens is 204 g/mol. The van der Waals surface area contributed by atoms with Crippen molar-refractivity contribution < 1.29 is 14.3 Å². The van der Waals surface area contributed by atoms with Gasteiger partial charge in [-0.25, -0.2) is 0 Å². The highest BCUT2D eigenvalue weighted by atomic mass is 16.5. The molecule has 0 aromatic carbocycles. The van der Waals surface area contributed by atoms with Crippen LogP contribution < -0.4 is 0 Å². The molecule has 0 spiro atoms. The van der Waals surface area contributed by atoms with Crippen LogP contribution in [0.5, 0.6) is 0 Å². The molecule has 90 valence electrons. The van der Waals surface area contributed by atoms with E-state index in [1.807, 2.05) is 6.08 Å². The molecule has 0 amide bonds. The minimum absolute atomic E-state index is 0.0288. The van der Waals surface area contributed by atoms with Crippen molar-refractivity contribution >= 4 is 11.8 Å². The fourth-order valence-electron chi connectivity index (χ4n) is 2.22. The predicted octanol–water partition coefficient (Wildman–Crippen LogP) is 2.50. The molecule has 1 aliphatic carbocycles. The second-order valence-corrected chi connectivity index (χ2v) is 4.20. The van der Waals surface area contributed by atoms with E-state index in [1.54, 1.807) is 6.92 Å². The molecule has 2 atom stereocenters. The zero-order chi connectivity index (χ0) is 12.0. The summed E-state index contributed by atoms with van der Waals surface area (Å²) in [5.74, 6) is -0.743. The van der Waals surface area contributed by atoms with E-state index in [0.717, 1.165) is 25.7 Å². The van der Waals surface area contributed by atoms with Gasteiger partial charge in [0.25, 0.3) is 0 Å². The molecule has 0 radical (unpaired) electrons. The van der Waals surface area contributed by atoms with Crippen LogP contribution in [0.2, 0.25) is 0 Å². The number of allylic oxidation sites excluding steroid dienone is 1. The van der Waals surface area contributed by atoms with Gasteiger partial charge in [-0.3, -0.25) is 9.59 Å². The van der Waals surface area contributed by atoms with Gasteiger partial charge in [-0.1, -0.05) is 12.5 Å². The van der Waals surface area contributed by atoms with E-state index in [0.29, 0.717) is 13.0 Å². The van der Waals surface area contributed by atoms with Gasteiger partial charge < -0.3 is 4.74 Å². The van der Waals surface area contributed by atoms with Gasteiger partial charge in [0.2, 0.25) is 0 Å². The molecule has 3 nitrogen and oxygen atoms in total. The molecule has 3 heteroatoms. The van der Waals surface area contributed by atoms with Crippen LogP contribution in [0.3, 0.4) is 0 Å². The Kier molecular flexibility index (Phi) is 5.23. The SMILES string of the molecule is C=CCC[C@H]1CCC[C@@H](C(=O)OCC)C1=O. The normalized spacial score (nSPS) is 25.2. The first-order valence-electron chi connectivity index (χ1n) is 6.02. The highest BCUT2D eigenvalue weighted by Gasteiger charge is 2.36. The molecule has 0 aliphatic heterocycles. The molecule has 1 aliphatic rings. The molecule has 1 saturated carbocycles. The molecule has 16 heavy (non-hydrogen) atoms. The fraction of sp³-hybridized carbons (Fsp3) is 0.692. The Balaban J connectivity index is 2.56. The molecule has 1 fully saturated rings. The van der Waals surface area contributed by atoms with Crippen molar-refractivity contribution in [2.45, 2.75) is 39.0 Å². The number of ketones is 1. The summed E-state index contributed by atoms with van der Waals surface area (Å²) < 4.78 is 4.92. The Hall–Kier alpha value is -1.12. The van der Waals surface area contributed by atoms with Crippen molar-refractivity contribution in [2.24, 2.45) is 11.8 Å². The summed E-state index contributed by atoms with van der Waals surface area (Å²) in [5, 5.41) is 0. The Bertz CT molecular complexity index is 270. The number of carbonyl (C=O) groups is 2. The second-order valence-electron chi connectivity index (χ2n) is 4.20. The van der Waals surface area contributed by atoms with Crippen LogP contribution in [0.1, 0.15) is 39.0 Å². The standard InChI is InChI=1S/C13H20O3/c1-3-5-7-10-8-6-9-11(12(10)14)13(15)16-4-2/h3,10-11H,1,4-9H2,2H3/t10-,11+/m0/s1. The van der Waals surface area contributed by atoms with Crippen LogP contribution in [0.4, 0.5) is 0 Å². The number of esters is 1. The van der Waals surface area contributed by atoms with Gasteiger partial charge in [-0.15, -0.1) is 6.58 Å². The van der Waals surface area contributed by atoms with Gasteiger partial charge in [-0.2, -0.15) is 0 Å². The van der Waals surface area contributed by atoms with Crippen LogP contribution in [-0.4, -0.2) is 18.4 Å². The molecule has 0 aromatic rings. The van der Waals surface area contributed by atoms with E-state index in [1.165, 1.54) is 0 Å². The molecule has 0 bridgehead atoms. The van der Waals surface area contributed by atoms with Crippen molar-refractivity contribution in [2.75, 3.05) is 6.61 Å².